The lowest BCUT2D eigenvalue weighted by Gasteiger charge is -2.21. The lowest BCUT2D eigenvalue weighted by atomic mass is 10.1. The van der Waals surface area contributed by atoms with Crippen LogP contribution in [0.2, 0.25) is 0 Å². The lowest BCUT2D eigenvalue weighted by Crippen LogP contribution is -2.38. The maximum Gasteiger partial charge on any atom is 0.256 e. The Kier molecular flexibility index (Phi) is 3.51. The van der Waals surface area contributed by atoms with E-state index in [1.54, 1.807) is 17.0 Å². The van der Waals surface area contributed by atoms with Crippen LogP contribution >= 0.6 is 0 Å². The molecule has 2 atom stereocenters. The molecule has 2 aliphatic rings. The van der Waals surface area contributed by atoms with Gasteiger partial charge in [-0.15, -0.1) is 0 Å². The quantitative estimate of drug-likeness (QED) is 0.874. The summed E-state index contributed by atoms with van der Waals surface area (Å²) in [5.41, 5.74) is 1.59. The van der Waals surface area contributed by atoms with E-state index in [2.05, 4.69) is 0 Å². The third-order valence-corrected chi connectivity index (χ3v) is 4.96. The van der Waals surface area contributed by atoms with Crippen LogP contribution in [0.15, 0.2) is 23.1 Å². The molecular formula is C14H18N2O4S. The highest BCUT2D eigenvalue weighted by Gasteiger charge is 2.35. The topological polar surface area (TPSA) is 89.7 Å². The van der Waals surface area contributed by atoms with Gasteiger partial charge in [-0.3, -0.25) is 4.79 Å². The van der Waals surface area contributed by atoms with Crippen molar-refractivity contribution in [1.82, 2.24) is 0 Å². The Labute approximate surface area is 123 Å². The van der Waals surface area contributed by atoms with E-state index < -0.39 is 10.0 Å². The first kappa shape index (κ1) is 14.5. The van der Waals surface area contributed by atoms with Crippen LogP contribution in [-0.2, 0) is 26.0 Å². The molecule has 0 aliphatic carbocycles. The molecule has 1 fully saturated rings. The van der Waals surface area contributed by atoms with Gasteiger partial charge in [0.15, 0.2) is 0 Å². The summed E-state index contributed by atoms with van der Waals surface area (Å²) >= 11 is 0. The molecule has 114 valence electrons. The predicted octanol–water partition coefficient (Wildman–Crippen LogP) is 0.791. The first-order valence-electron chi connectivity index (χ1n) is 6.99. The van der Waals surface area contributed by atoms with E-state index in [1.165, 1.54) is 6.07 Å². The number of amides is 1. The number of carbonyl (C=O) groups excluding carboxylic acids is 1. The maximum absolute atomic E-state index is 12.5. The molecule has 7 heteroatoms. The fourth-order valence-electron chi connectivity index (χ4n) is 2.94. The fraction of sp³-hybridized carbons (Fsp3) is 0.500. The molecule has 2 unspecified atom stereocenters. The van der Waals surface area contributed by atoms with Crippen molar-refractivity contribution in [3.05, 3.63) is 23.8 Å². The highest BCUT2D eigenvalue weighted by molar-refractivity contribution is 7.89. The first-order valence-corrected chi connectivity index (χ1v) is 8.53. The number of nitrogens with two attached hydrogens (primary N) is 1. The number of benzene rings is 1. The summed E-state index contributed by atoms with van der Waals surface area (Å²) in [5.74, 6) is -0.0403. The van der Waals surface area contributed by atoms with Crippen LogP contribution in [0.3, 0.4) is 0 Å². The van der Waals surface area contributed by atoms with Crippen LogP contribution in [0.4, 0.5) is 5.69 Å². The normalized spacial score (nSPS) is 25.1. The second-order valence-electron chi connectivity index (χ2n) is 5.59. The Hall–Kier alpha value is -1.44. The fourth-order valence-corrected chi connectivity index (χ4v) is 3.51. The van der Waals surface area contributed by atoms with Gasteiger partial charge in [-0.05, 0) is 49.9 Å². The number of rotatable bonds is 2. The van der Waals surface area contributed by atoms with Crippen molar-refractivity contribution < 1.29 is 17.9 Å². The molecule has 1 saturated heterocycles. The van der Waals surface area contributed by atoms with Gasteiger partial charge in [0.25, 0.3) is 5.91 Å². The third kappa shape index (κ3) is 2.68. The van der Waals surface area contributed by atoms with Crippen LogP contribution in [0.1, 0.15) is 25.3 Å². The standard InChI is InChI=1S/C14H18N2O4S/c1-9-2-5-13(20-9)14(17)16-7-6-10-8-11(21(15,18)19)3-4-12(10)16/h3-4,8-9,13H,2,5-7H2,1H3,(H2,15,18,19). The Morgan fingerprint density at radius 3 is 2.76 bits per heavy atom. The first-order chi connectivity index (χ1) is 9.86. The van der Waals surface area contributed by atoms with Crippen LogP contribution in [-0.4, -0.2) is 33.1 Å². The summed E-state index contributed by atoms with van der Waals surface area (Å²) < 4.78 is 28.4. The van der Waals surface area contributed by atoms with Crippen molar-refractivity contribution in [1.29, 1.82) is 0 Å². The molecule has 0 spiro atoms. The van der Waals surface area contributed by atoms with E-state index in [0.29, 0.717) is 13.0 Å². The average molecular weight is 310 g/mol. The molecule has 2 aliphatic heterocycles. The van der Waals surface area contributed by atoms with Crippen LogP contribution < -0.4 is 10.0 Å². The smallest absolute Gasteiger partial charge is 0.256 e. The van der Waals surface area contributed by atoms with Crippen molar-refractivity contribution in [2.24, 2.45) is 5.14 Å². The van der Waals surface area contributed by atoms with Crippen molar-refractivity contribution >= 4 is 21.6 Å². The molecule has 3 rings (SSSR count). The van der Waals surface area contributed by atoms with Gasteiger partial charge in [0.2, 0.25) is 10.0 Å². The minimum Gasteiger partial charge on any atom is -0.365 e. The minimum absolute atomic E-state index is 0.0403. The van der Waals surface area contributed by atoms with E-state index in [4.69, 9.17) is 9.88 Å². The predicted molar refractivity (Wildman–Crippen MR) is 77.4 cm³/mol. The van der Waals surface area contributed by atoms with Crippen molar-refractivity contribution in [2.75, 3.05) is 11.4 Å². The molecule has 21 heavy (non-hydrogen) atoms. The lowest BCUT2D eigenvalue weighted by molar-refractivity contribution is -0.128. The number of anilines is 1. The van der Waals surface area contributed by atoms with Gasteiger partial charge in [0.1, 0.15) is 6.10 Å². The van der Waals surface area contributed by atoms with Crippen LogP contribution in [0.25, 0.3) is 0 Å². The number of fused-ring (bicyclic) bond motifs is 1. The highest BCUT2D eigenvalue weighted by Crippen LogP contribution is 2.32. The summed E-state index contributed by atoms with van der Waals surface area (Å²) in [6.07, 6.45) is 1.99. The largest absolute Gasteiger partial charge is 0.365 e. The summed E-state index contributed by atoms with van der Waals surface area (Å²) in [7, 11) is -3.71. The summed E-state index contributed by atoms with van der Waals surface area (Å²) in [5, 5.41) is 5.13. The minimum atomic E-state index is -3.71. The molecule has 2 N–H and O–H groups in total. The number of ether oxygens (including phenoxy) is 1. The Morgan fingerprint density at radius 1 is 1.38 bits per heavy atom. The Morgan fingerprint density at radius 2 is 2.14 bits per heavy atom. The number of nitrogens with zero attached hydrogens (tertiary/aromatic N) is 1. The van der Waals surface area contributed by atoms with Crippen molar-refractivity contribution in [3.63, 3.8) is 0 Å². The molecule has 0 radical (unpaired) electrons. The van der Waals surface area contributed by atoms with E-state index in [9.17, 15) is 13.2 Å². The molecule has 6 nitrogen and oxygen atoms in total. The van der Waals surface area contributed by atoms with E-state index in [1.807, 2.05) is 6.92 Å². The van der Waals surface area contributed by atoms with Crippen molar-refractivity contribution in [2.45, 2.75) is 43.3 Å². The molecule has 1 aromatic carbocycles. The van der Waals surface area contributed by atoms with Gasteiger partial charge in [-0.2, -0.15) is 0 Å². The van der Waals surface area contributed by atoms with Crippen LogP contribution in [0, 0.1) is 0 Å². The third-order valence-electron chi connectivity index (χ3n) is 4.05. The zero-order valence-electron chi connectivity index (χ0n) is 11.8. The monoisotopic (exact) mass is 310 g/mol. The van der Waals surface area contributed by atoms with Gasteiger partial charge in [0, 0.05) is 12.2 Å². The van der Waals surface area contributed by atoms with Gasteiger partial charge < -0.3 is 9.64 Å². The average Bonchev–Trinajstić information content (AvgIpc) is 3.02. The number of hydrogen-bond donors (Lipinski definition) is 1. The Bertz CT molecular complexity index is 686. The molecule has 0 bridgehead atoms. The summed E-state index contributed by atoms with van der Waals surface area (Å²) in [6, 6.07) is 4.65. The molecule has 1 aromatic rings. The summed E-state index contributed by atoms with van der Waals surface area (Å²) in [4.78, 5) is 14.3. The zero-order valence-corrected chi connectivity index (χ0v) is 12.6. The van der Waals surface area contributed by atoms with Crippen molar-refractivity contribution in [3.8, 4) is 0 Å². The number of primary sulfonamides is 1. The molecule has 0 aromatic heterocycles. The SMILES string of the molecule is CC1CCC(C(=O)N2CCc3cc(S(N)(=O)=O)ccc32)O1. The van der Waals surface area contributed by atoms with Gasteiger partial charge in [0.05, 0.1) is 11.0 Å². The maximum atomic E-state index is 12.5. The highest BCUT2D eigenvalue weighted by atomic mass is 32.2. The van der Waals surface area contributed by atoms with Gasteiger partial charge in [-0.25, -0.2) is 13.6 Å². The number of carbonyl (C=O) groups is 1. The molecule has 1 amide bonds. The van der Waals surface area contributed by atoms with E-state index >= 15 is 0 Å². The number of hydrogen-bond acceptors (Lipinski definition) is 4. The van der Waals surface area contributed by atoms with Gasteiger partial charge in [-0.1, -0.05) is 0 Å². The zero-order chi connectivity index (χ0) is 15.2. The van der Waals surface area contributed by atoms with E-state index in [-0.39, 0.29) is 23.0 Å². The Balaban J connectivity index is 1.86. The van der Waals surface area contributed by atoms with Gasteiger partial charge >= 0.3 is 0 Å². The second kappa shape index (κ2) is 5.08. The molecular weight excluding hydrogens is 292 g/mol. The molecule has 2 heterocycles. The number of sulfonamides is 1. The molecule has 0 saturated carbocycles. The second-order valence-corrected chi connectivity index (χ2v) is 7.15. The summed E-state index contributed by atoms with van der Waals surface area (Å²) in [6.45, 7) is 2.51. The van der Waals surface area contributed by atoms with Crippen LogP contribution in [0.5, 0.6) is 0 Å². The van der Waals surface area contributed by atoms with E-state index in [0.717, 1.165) is 24.1 Å².